The van der Waals surface area contributed by atoms with Crippen molar-refractivity contribution in [1.29, 1.82) is 0 Å². The third-order valence-electron chi connectivity index (χ3n) is 7.31. The Kier molecular flexibility index (Phi) is 3.09. The van der Waals surface area contributed by atoms with E-state index in [4.69, 9.17) is 19.8 Å². The van der Waals surface area contributed by atoms with Crippen LogP contribution in [0.5, 0.6) is 5.75 Å². The van der Waals surface area contributed by atoms with E-state index >= 15 is 0 Å². The molecule has 1 aliphatic heterocycles. The average Bonchev–Trinajstić information content (AvgIpc) is 3.29. The molecule has 0 radical (unpaired) electrons. The van der Waals surface area contributed by atoms with Crippen LogP contribution in [-0.4, -0.2) is 30.0 Å². The second-order valence-corrected chi connectivity index (χ2v) is 8.88. The Morgan fingerprint density at radius 3 is 2.83 bits per heavy atom. The Labute approximate surface area is 174 Å². The first-order chi connectivity index (χ1) is 14.6. The molecule has 1 aromatic heterocycles. The number of hydrogen-bond acceptors (Lipinski definition) is 6. The highest BCUT2D eigenvalue weighted by Gasteiger charge is 2.67. The molecule has 7 heteroatoms. The Morgan fingerprint density at radius 2 is 2.03 bits per heavy atom. The number of allylic oxidation sites excluding steroid dienone is 1. The number of nitrogens with two attached hydrogens (primary N) is 1. The fourth-order valence-corrected chi connectivity index (χ4v) is 6.00. The zero-order chi connectivity index (χ0) is 20.0. The quantitative estimate of drug-likeness (QED) is 0.685. The molecule has 7 rings (SSSR count). The molecule has 2 atom stereocenters. The summed E-state index contributed by atoms with van der Waals surface area (Å²) in [6.07, 6.45) is 5.08. The van der Waals surface area contributed by atoms with Crippen molar-refractivity contribution in [3.63, 3.8) is 0 Å². The summed E-state index contributed by atoms with van der Waals surface area (Å²) in [5, 5.41) is 9.10. The van der Waals surface area contributed by atoms with Crippen molar-refractivity contribution in [3.05, 3.63) is 53.9 Å². The molecule has 30 heavy (non-hydrogen) atoms. The minimum Gasteiger partial charge on any atom is -0.533 e. The Hall–Kier alpha value is -3.06. The highest BCUT2D eigenvalue weighted by Crippen LogP contribution is 2.68. The molecule has 2 unspecified atom stereocenters. The van der Waals surface area contributed by atoms with Gasteiger partial charge in [-0.2, -0.15) is 10.2 Å². The van der Waals surface area contributed by atoms with Gasteiger partial charge in [0.1, 0.15) is 17.1 Å². The van der Waals surface area contributed by atoms with Crippen molar-refractivity contribution in [3.8, 4) is 16.9 Å². The van der Waals surface area contributed by atoms with Gasteiger partial charge in [0.05, 0.1) is 24.5 Å². The first-order valence-electron chi connectivity index (χ1n) is 10.4. The van der Waals surface area contributed by atoms with Crippen LogP contribution in [-0.2, 0) is 9.31 Å². The number of hydrogen-bond donors (Lipinski definition) is 1. The van der Waals surface area contributed by atoms with E-state index < -0.39 is 0 Å². The normalized spacial score (nSPS) is 28.0. The van der Waals surface area contributed by atoms with E-state index in [2.05, 4.69) is 16.3 Å². The highest BCUT2D eigenvalue weighted by molar-refractivity contribution is 6.62. The Bertz CT molecular complexity index is 1260. The highest BCUT2D eigenvalue weighted by atomic mass is 16.7. The maximum atomic E-state index is 6.54. The fourth-order valence-electron chi connectivity index (χ4n) is 6.00. The van der Waals surface area contributed by atoms with Crippen molar-refractivity contribution < 1.29 is 14.0 Å². The number of nitrogen functional groups attached to an aromatic ring is 1. The van der Waals surface area contributed by atoms with Crippen LogP contribution in [0.1, 0.15) is 19.3 Å². The molecule has 1 saturated heterocycles. The van der Waals surface area contributed by atoms with Gasteiger partial charge in [-0.15, -0.1) is 0 Å². The van der Waals surface area contributed by atoms with Crippen molar-refractivity contribution in [1.82, 2.24) is 10.2 Å². The predicted octanol–water partition coefficient (Wildman–Crippen LogP) is 3.07. The molecular weight excluding hydrogens is 377 g/mol. The zero-order valence-corrected chi connectivity index (χ0v) is 16.6. The smallest absolute Gasteiger partial charge is 0.533 e. The van der Waals surface area contributed by atoms with Gasteiger partial charge in [0.25, 0.3) is 0 Å². The molecule has 2 fully saturated rings. The first-order valence-corrected chi connectivity index (χ1v) is 10.4. The van der Waals surface area contributed by atoms with E-state index in [0.29, 0.717) is 17.5 Å². The molecule has 2 heterocycles. The summed E-state index contributed by atoms with van der Waals surface area (Å²) in [5.41, 5.74) is 11.7. The zero-order valence-electron chi connectivity index (χ0n) is 16.6. The molecule has 6 nitrogen and oxygen atoms in total. The maximum Gasteiger partial charge on any atom is 0.563 e. The van der Waals surface area contributed by atoms with E-state index in [0.717, 1.165) is 51.8 Å². The topological polar surface area (TPSA) is 79.5 Å². The number of ether oxygens (including phenoxy) is 1. The van der Waals surface area contributed by atoms with Gasteiger partial charge in [-0.3, -0.25) is 0 Å². The third kappa shape index (κ3) is 2.03. The first kappa shape index (κ1) is 16.7. The summed E-state index contributed by atoms with van der Waals surface area (Å²) < 4.78 is 18.6. The number of benzene rings is 2. The van der Waals surface area contributed by atoms with E-state index in [1.165, 1.54) is 12.0 Å². The van der Waals surface area contributed by atoms with Gasteiger partial charge in [0, 0.05) is 10.9 Å². The lowest BCUT2D eigenvalue weighted by Gasteiger charge is -2.42. The summed E-state index contributed by atoms with van der Waals surface area (Å²) in [6, 6.07) is 12.1. The van der Waals surface area contributed by atoms with Crippen LogP contribution in [0.15, 0.2) is 53.9 Å². The van der Waals surface area contributed by atoms with Crippen LogP contribution in [0.4, 0.5) is 5.69 Å². The Balaban J connectivity index is 1.29. The number of methoxy groups -OCH3 is 1. The lowest BCUT2D eigenvalue weighted by Crippen LogP contribution is -2.43. The summed E-state index contributed by atoms with van der Waals surface area (Å²) in [6.45, 7) is 0. The molecular formula is C23H20BN3O3. The molecule has 0 spiro atoms. The van der Waals surface area contributed by atoms with E-state index in [9.17, 15) is 0 Å². The number of anilines is 1. The van der Waals surface area contributed by atoms with Gasteiger partial charge in [-0.25, -0.2) is 0 Å². The second-order valence-electron chi connectivity index (χ2n) is 8.88. The van der Waals surface area contributed by atoms with Crippen molar-refractivity contribution in [2.24, 2.45) is 11.8 Å². The number of fused-ring (bicyclic) bond motifs is 1. The predicted molar refractivity (Wildman–Crippen MR) is 114 cm³/mol. The van der Waals surface area contributed by atoms with Gasteiger partial charge >= 0.3 is 7.12 Å². The SMILES string of the molecule is COc1ccc(B2OC3=C4C5CC4CC3(C5)O2)cc1-c1ccc2c(N)cnnc2c1. The largest absolute Gasteiger partial charge is 0.563 e. The summed E-state index contributed by atoms with van der Waals surface area (Å²) in [7, 11) is 1.32. The fraction of sp³-hybridized carbons (Fsp3) is 0.304. The van der Waals surface area contributed by atoms with Crippen LogP contribution in [0.3, 0.4) is 0 Å². The summed E-state index contributed by atoms with van der Waals surface area (Å²) in [4.78, 5) is 0. The van der Waals surface area contributed by atoms with Crippen LogP contribution < -0.4 is 15.9 Å². The molecule has 1 saturated carbocycles. The molecule has 2 bridgehead atoms. The van der Waals surface area contributed by atoms with E-state index in [1.807, 2.05) is 30.3 Å². The summed E-state index contributed by atoms with van der Waals surface area (Å²) >= 11 is 0. The number of nitrogens with zero attached hydrogens (tertiary/aromatic N) is 2. The van der Waals surface area contributed by atoms with Crippen molar-refractivity contribution in [2.75, 3.05) is 12.8 Å². The molecule has 2 aromatic carbocycles. The maximum absolute atomic E-state index is 6.54. The molecule has 4 aliphatic rings. The van der Waals surface area contributed by atoms with Gasteiger partial charge < -0.3 is 19.8 Å². The van der Waals surface area contributed by atoms with Gasteiger partial charge in [0.2, 0.25) is 0 Å². The van der Waals surface area contributed by atoms with E-state index in [1.54, 1.807) is 13.3 Å². The monoisotopic (exact) mass is 397 g/mol. The Morgan fingerprint density at radius 1 is 1.17 bits per heavy atom. The molecule has 3 aromatic rings. The standard InChI is InChI=1S/C23H20BN3O3/c1-28-20-5-3-15(24-29-22-21-13-6-14(21)10-23(22,9-13)30-24)8-17(20)12-2-4-16-18(25)11-26-27-19(16)7-12/h2-5,7-8,11,13-14H,6,9-10H2,1H3,(H2,25,27). The molecule has 148 valence electrons. The lowest BCUT2D eigenvalue weighted by atomic mass is 9.63. The lowest BCUT2D eigenvalue weighted by molar-refractivity contribution is 0.0420. The van der Waals surface area contributed by atoms with Crippen molar-refractivity contribution in [2.45, 2.75) is 24.9 Å². The van der Waals surface area contributed by atoms with E-state index in [-0.39, 0.29) is 12.7 Å². The van der Waals surface area contributed by atoms with Gasteiger partial charge in [-0.1, -0.05) is 12.1 Å². The second kappa shape index (κ2) is 5.55. The number of rotatable bonds is 3. The van der Waals surface area contributed by atoms with Crippen molar-refractivity contribution >= 4 is 29.2 Å². The van der Waals surface area contributed by atoms with Gasteiger partial charge in [-0.05, 0) is 72.0 Å². The van der Waals surface area contributed by atoms with Crippen LogP contribution in [0.25, 0.3) is 22.0 Å². The minimum absolute atomic E-state index is 0.163. The van der Waals surface area contributed by atoms with Gasteiger partial charge in [0.15, 0.2) is 0 Å². The van der Waals surface area contributed by atoms with Crippen LogP contribution >= 0.6 is 0 Å². The average molecular weight is 397 g/mol. The molecule has 0 amide bonds. The molecule has 3 aliphatic carbocycles. The minimum atomic E-state index is -0.365. The third-order valence-corrected chi connectivity index (χ3v) is 7.31. The van der Waals surface area contributed by atoms with Crippen LogP contribution in [0, 0.1) is 11.8 Å². The number of aromatic nitrogens is 2. The van der Waals surface area contributed by atoms with Crippen LogP contribution in [0.2, 0.25) is 0 Å². The molecule has 2 N–H and O–H groups in total. The summed E-state index contributed by atoms with van der Waals surface area (Å²) in [5.74, 6) is 3.34.